The molecule has 0 aliphatic heterocycles. The molecule has 0 heterocycles. The van der Waals surface area contributed by atoms with E-state index in [1.54, 1.807) is 36.0 Å². The molecule has 1 unspecified atom stereocenters. The van der Waals surface area contributed by atoms with Crippen LogP contribution in [0.15, 0.2) is 24.3 Å². The highest BCUT2D eigenvalue weighted by molar-refractivity contribution is 7.99. The molecule has 3 N–H and O–H groups in total. The van der Waals surface area contributed by atoms with E-state index in [1.165, 1.54) is 0 Å². The van der Waals surface area contributed by atoms with E-state index in [0.717, 1.165) is 12.0 Å². The molecule has 0 aromatic heterocycles. The Bertz CT molecular complexity index is 462. The molecular formula is C15H22N2O3S. The number of carboxylic acids is 1. The quantitative estimate of drug-likeness (QED) is 0.689. The Morgan fingerprint density at radius 2 is 1.81 bits per heavy atom. The van der Waals surface area contributed by atoms with Gasteiger partial charge in [-0.25, -0.2) is 9.59 Å². The van der Waals surface area contributed by atoms with Crippen LogP contribution in [0.1, 0.15) is 29.3 Å². The first-order valence-corrected chi connectivity index (χ1v) is 8.18. The first kappa shape index (κ1) is 17.4. The third-order valence-corrected chi connectivity index (χ3v) is 4.18. The monoisotopic (exact) mass is 310 g/mol. The minimum atomic E-state index is -0.932. The largest absolute Gasteiger partial charge is 0.478 e. The van der Waals surface area contributed by atoms with Crippen molar-refractivity contribution >= 4 is 23.8 Å². The number of aromatic carboxylic acids is 1. The summed E-state index contributed by atoms with van der Waals surface area (Å²) in [6, 6.07) is 6.51. The van der Waals surface area contributed by atoms with E-state index in [9.17, 15) is 9.59 Å². The summed E-state index contributed by atoms with van der Waals surface area (Å²) in [6.45, 7) is 3.32. The zero-order valence-corrected chi connectivity index (χ0v) is 13.2. The molecule has 1 rings (SSSR count). The van der Waals surface area contributed by atoms with Crippen LogP contribution in [-0.4, -0.2) is 41.7 Å². The van der Waals surface area contributed by atoms with Crippen molar-refractivity contribution in [3.63, 3.8) is 0 Å². The zero-order valence-electron chi connectivity index (χ0n) is 12.4. The average Bonchev–Trinajstić information content (AvgIpc) is 2.47. The van der Waals surface area contributed by atoms with E-state index in [-0.39, 0.29) is 11.6 Å². The minimum Gasteiger partial charge on any atom is -0.478 e. The first-order valence-electron chi connectivity index (χ1n) is 6.89. The molecule has 0 bridgehead atoms. The van der Waals surface area contributed by atoms with E-state index in [2.05, 4.69) is 23.8 Å². The van der Waals surface area contributed by atoms with E-state index >= 15 is 0 Å². The summed E-state index contributed by atoms with van der Waals surface area (Å²) in [5.41, 5.74) is 1.27. The van der Waals surface area contributed by atoms with Gasteiger partial charge in [-0.05, 0) is 36.8 Å². The number of urea groups is 1. The Balaban J connectivity index is 2.20. The maximum Gasteiger partial charge on any atom is 0.335 e. The van der Waals surface area contributed by atoms with Gasteiger partial charge in [0.05, 0.1) is 5.56 Å². The van der Waals surface area contributed by atoms with Crippen molar-refractivity contribution in [2.75, 3.05) is 19.3 Å². The number of carbonyl (C=O) groups is 2. The number of thioether (sulfide) groups is 1. The molecule has 2 amide bonds. The van der Waals surface area contributed by atoms with Crippen LogP contribution in [-0.2, 0) is 6.42 Å². The summed E-state index contributed by atoms with van der Waals surface area (Å²) < 4.78 is 0. The van der Waals surface area contributed by atoms with Gasteiger partial charge in [-0.1, -0.05) is 19.1 Å². The molecule has 0 aliphatic rings. The summed E-state index contributed by atoms with van der Waals surface area (Å²) in [5.74, 6) is -0.932. The van der Waals surface area contributed by atoms with Crippen LogP contribution in [0.5, 0.6) is 0 Å². The number of rotatable bonds is 8. The minimum absolute atomic E-state index is 0.162. The highest BCUT2D eigenvalue weighted by Gasteiger charge is 2.04. The molecule has 0 spiro atoms. The SMILES string of the molecule is CSC(C)CCNC(=O)NCCc1ccc(C(=O)O)cc1. The highest BCUT2D eigenvalue weighted by Crippen LogP contribution is 2.07. The van der Waals surface area contributed by atoms with Gasteiger partial charge in [0.1, 0.15) is 0 Å². The van der Waals surface area contributed by atoms with Gasteiger partial charge in [0.15, 0.2) is 0 Å². The topological polar surface area (TPSA) is 78.4 Å². The van der Waals surface area contributed by atoms with Crippen molar-refractivity contribution in [2.45, 2.75) is 25.0 Å². The van der Waals surface area contributed by atoms with Gasteiger partial charge in [0, 0.05) is 18.3 Å². The first-order chi connectivity index (χ1) is 10.0. The van der Waals surface area contributed by atoms with Crippen molar-refractivity contribution in [3.8, 4) is 0 Å². The molecule has 1 atom stereocenters. The second kappa shape index (κ2) is 9.28. The lowest BCUT2D eigenvalue weighted by Gasteiger charge is -2.10. The van der Waals surface area contributed by atoms with Crippen LogP contribution in [0.25, 0.3) is 0 Å². The fourth-order valence-electron chi connectivity index (χ4n) is 1.70. The van der Waals surface area contributed by atoms with Gasteiger partial charge in [-0.3, -0.25) is 0 Å². The van der Waals surface area contributed by atoms with Crippen molar-refractivity contribution < 1.29 is 14.7 Å². The molecule has 1 aromatic carbocycles. The van der Waals surface area contributed by atoms with Crippen LogP contribution in [0, 0.1) is 0 Å². The van der Waals surface area contributed by atoms with Crippen molar-refractivity contribution in [3.05, 3.63) is 35.4 Å². The smallest absolute Gasteiger partial charge is 0.335 e. The average molecular weight is 310 g/mol. The normalized spacial score (nSPS) is 11.7. The predicted octanol–water partition coefficient (Wildman–Crippen LogP) is 2.37. The predicted molar refractivity (Wildman–Crippen MR) is 86.1 cm³/mol. The number of amides is 2. The summed E-state index contributed by atoms with van der Waals surface area (Å²) >= 11 is 1.78. The lowest BCUT2D eigenvalue weighted by molar-refractivity contribution is 0.0697. The third-order valence-electron chi connectivity index (χ3n) is 3.14. The standard InChI is InChI=1S/C15H22N2O3S/c1-11(21-2)7-9-16-15(20)17-10-8-12-3-5-13(6-4-12)14(18)19/h3-6,11H,7-10H2,1-2H3,(H,18,19)(H2,16,17,20). The molecule has 5 nitrogen and oxygen atoms in total. The maximum absolute atomic E-state index is 11.5. The number of hydrogen-bond acceptors (Lipinski definition) is 3. The van der Waals surface area contributed by atoms with E-state index in [0.29, 0.717) is 24.8 Å². The number of nitrogens with one attached hydrogen (secondary N) is 2. The molecule has 0 fully saturated rings. The van der Waals surface area contributed by atoms with E-state index in [4.69, 9.17) is 5.11 Å². The Morgan fingerprint density at radius 1 is 1.19 bits per heavy atom. The van der Waals surface area contributed by atoms with Crippen LogP contribution in [0.3, 0.4) is 0 Å². The third kappa shape index (κ3) is 7.04. The fraction of sp³-hybridized carbons (Fsp3) is 0.467. The van der Waals surface area contributed by atoms with Gasteiger partial charge in [-0.15, -0.1) is 0 Å². The Labute approximate surface area is 129 Å². The summed E-state index contributed by atoms with van der Waals surface area (Å²) in [7, 11) is 0. The van der Waals surface area contributed by atoms with Crippen molar-refractivity contribution in [1.29, 1.82) is 0 Å². The Kier molecular flexibility index (Phi) is 7.68. The van der Waals surface area contributed by atoms with Crippen molar-refractivity contribution in [1.82, 2.24) is 10.6 Å². The number of benzene rings is 1. The van der Waals surface area contributed by atoms with Gasteiger partial charge >= 0.3 is 12.0 Å². The summed E-state index contributed by atoms with van der Waals surface area (Å²) in [4.78, 5) is 22.3. The molecule has 116 valence electrons. The zero-order chi connectivity index (χ0) is 15.7. The van der Waals surface area contributed by atoms with Crippen molar-refractivity contribution in [2.24, 2.45) is 0 Å². The number of carbonyl (C=O) groups excluding carboxylic acids is 1. The van der Waals surface area contributed by atoms with Crippen LogP contribution in [0.4, 0.5) is 4.79 Å². The second-order valence-electron chi connectivity index (χ2n) is 4.77. The van der Waals surface area contributed by atoms with Gasteiger partial charge in [-0.2, -0.15) is 11.8 Å². The van der Waals surface area contributed by atoms with Crippen LogP contribution in [0.2, 0.25) is 0 Å². The second-order valence-corrected chi connectivity index (χ2v) is 6.05. The summed E-state index contributed by atoms with van der Waals surface area (Å²) in [5, 5.41) is 14.9. The molecule has 21 heavy (non-hydrogen) atoms. The Morgan fingerprint density at radius 3 is 2.38 bits per heavy atom. The molecular weight excluding hydrogens is 288 g/mol. The van der Waals surface area contributed by atoms with E-state index < -0.39 is 5.97 Å². The Hall–Kier alpha value is -1.69. The molecule has 0 saturated carbocycles. The molecule has 0 aliphatic carbocycles. The lowest BCUT2D eigenvalue weighted by atomic mass is 10.1. The number of hydrogen-bond donors (Lipinski definition) is 3. The van der Waals surface area contributed by atoms with E-state index in [1.807, 2.05) is 0 Å². The fourth-order valence-corrected chi connectivity index (χ4v) is 2.06. The number of carboxylic acid groups (broad SMARTS) is 1. The van der Waals surface area contributed by atoms with Gasteiger partial charge in [0.25, 0.3) is 0 Å². The molecule has 0 saturated heterocycles. The van der Waals surface area contributed by atoms with Gasteiger partial charge in [0.2, 0.25) is 0 Å². The summed E-state index contributed by atoms with van der Waals surface area (Å²) in [6.07, 6.45) is 3.68. The molecule has 0 radical (unpaired) electrons. The molecule has 1 aromatic rings. The highest BCUT2D eigenvalue weighted by atomic mass is 32.2. The van der Waals surface area contributed by atoms with Gasteiger partial charge < -0.3 is 15.7 Å². The van der Waals surface area contributed by atoms with Crippen LogP contribution >= 0.6 is 11.8 Å². The maximum atomic E-state index is 11.5. The van der Waals surface area contributed by atoms with Crippen LogP contribution < -0.4 is 10.6 Å². The lowest BCUT2D eigenvalue weighted by Crippen LogP contribution is -2.37. The molecule has 6 heteroatoms.